The van der Waals surface area contributed by atoms with Gasteiger partial charge in [-0.05, 0) is 66.2 Å². The van der Waals surface area contributed by atoms with Crippen LogP contribution in [0, 0.1) is 5.82 Å². The van der Waals surface area contributed by atoms with Gasteiger partial charge in [-0.15, -0.1) is 0 Å². The molecule has 1 aliphatic carbocycles. The summed E-state index contributed by atoms with van der Waals surface area (Å²) in [4.78, 5) is 13.2. The van der Waals surface area contributed by atoms with E-state index in [4.69, 9.17) is 9.84 Å². The van der Waals surface area contributed by atoms with Crippen LogP contribution in [0.25, 0.3) is 6.08 Å². The Morgan fingerprint density at radius 3 is 2.49 bits per heavy atom. The number of carbonyl (C=O) groups is 1. The molecule has 1 saturated heterocycles. The Morgan fingerprint density at radius 1 is 1.00 bits per heavy atom. The zero-order valence-corrected chi connectivity index (χ0v) is 19.8. The molecule has 1 aliphatic heterocycles. The van der Waals surface area contributed by atoms with Crippen molar-refractivity contribution >= 4 is 12.0 Å². The second kappa shape index (κ2) is 10.0. The molecule has 3 aromatic rings. The van der Waals surface area contributed by atoms with Crippen LogP contribution >= 0.6 is 0 Å². The molecule has 0 atom stereocenters. The number of allylic oxidation sites excluding steroid dienone is 1. The number of fused-ring (bicyclic) bond motifs is 2. The van der Waals surface area contributed by atoms with Crippen LogP contribution in [0.5, 0.6) is 5.75 Å². The first kappa shape index (κ1) is 23.3. The highest BCUT2D eigenvalue weighted by atomic mass is 19.1. The Bertz CT molecular complexity index is 1230. The van der Waals surface area contributed by atoms with E-state index in [9.17, 15) is 9.18 Å². The summed E-state index contributed by atoms with van der Waals surface area (Å²) in [6.07, 6.45) is 7.08. The van der Waals surface area contributed by atoms with Crippen molar-refractivity contribution in [2.45, 2.75) is 44.2 Å². The molecule has 0 amide bonds. The first-order valence-electron chi connectivity index (χ1n) is 12.2. The third kappa shape index (κ3) is 5.30. The van der Waals surface area contributed by atoms with Crippen molar-refractivity contribution in [3.05, 3.63) is 106 Å². The maximum Gasteiger partial charge on any atom is 0.303 e. The van der Waals surface area contributed by atoms with Crippen LogP contribution in [0.3, 0.4) is 0 Å². The molecule has 1 spiro atoms. The average Bonchev–Trinajstić information content (AvgIpc) is 3.22. The molecule has 180 valence electrons. The molecule has 0 saturated carbocycles. The van der Waals surface area contributed by atoms with E-state index in [0.29, 0.717) is 17.9 Å². The summed E-state index contributed by atoms with van der Waals surface area (Å²) in [7, 11) is 0. The number of rotatable bonds is 8. The van der Waals surface area contributed by atoms with Gasteiger partial charge in [-0.1, -0.05) is 66.7 Å². The van der Waals surface area contributed by atoms with Crippen molar-refractivity contribution in [2.24, 2.45) is 0 Å². The van der Waals surface area contributed by atoms with Gasteiger partial charge in [-0.2, -0.15) is 0 Å². The summed E-state index contributed by atoms with van der Waals surface area (Å²) in [6.45, 7) is 3.45. The van der Waals surface area contributed by atoms with Crippen LogP contribution in [0.2, 0.25) is 0 Å². The van der Waals surface area contributed by atoms with E-state index in [1.807, 2.05) is 0 Å². The number of halogens is 1. The fourth-order valence-corrected chi connectivity index (χ4v) is 5.21. The number of ether oxygens (including phenoxy) is 1. The lowest BCUT2D eigenvalue weighted by Crippen LogP contribution is -2.40. The molecule has 1 heterocycles. The van der Waals surface area contributed by atoms with Gasteiger partial charge in [0.05, 0.1) is 0 Å². The van der Waals surface area contributed by atoms with Gasteiger partial charge >= 0.3 is 5.97 Å². The number of benzene rings is 3. The highest BCUT2D eigenvalue weighted by molar-refractivity contribution is 5.67. The standard InChI is InChI=1S/C30H30FNO3/c31-28-19-26(11-9-25(28)10-12-29(33)34)35-21-23-7-5-22(6-8-23)20-32-17-15-30(16-18-32)14-13-24-3-1-2-4-27(24)30/h1-9,11,13-14,19H,10,12,15-18,20-21H2,(H,33,34). The first-order chi connectivity index (χ1) is 17.0. The first-order valence-corrected chi connectivity index (χ1v) is 12.2. The summed E-state index contributed by atoms with van der Waals surface area (Å²) in [5, 5.41) is 8.77. The lowest BCUT2D eigenvalue weighted by Gasteiger charge is -2.39. The number of nitrogens with zero attached hydrogens (tertiary/aromatic N) is 1. The summed E-state index contributed by atoms with van der Waals surface area (Å²) in [6, 6.07) is 21.8. The fourth-order valence-electron chi connectivity index (χ4n) is 5.21. The Balaban J connectivity index is 1.11. The maximum atomic E-state index is 14.2. The van der Waals surface area contributed by atoms with Crippen molar-refractivity contribution in [3.8, 4) is 5.75 Å². The second-order valence-corrected chi connectivity index (χ2v) is 9.60. The van der Waals surface area contributed by atoms with Crippen LogP contribution in [0.1, 0.15) is 47.1 Å². The third-order valence-corrected chi connectivity index (χ3v) is 7.29. The van der Waals surface area contributed by atoms with Gasteiger partial charge in [-0.3, -0.25) is 9.69 Å². The molecular weight excluding hydrogens is 441 g/mol. The van der Waals surface area contributed by atoms with Crippen LogP contribution < -0.4 is 4.74 Å². The molecule has 0 unspecified atom stereocenters. The summed E-state index contributed by atoms with van der Waals surface area (Å²) < 4.78 is 19.9. The number of piperidine rings is 1. The van der Waals surface area contributed by atoms with Crippen LogP contribution in [-0.4, -0.2) is 29.1 Å². The number of carboxylic acids is 1. The number of hydrogen-bond donors (Lipinski definition) is 1. The SMILES string of the molecule is O=C(O)CCc1ccc(OCc2ccc(CN3CCC4(C=Cc5ccccc54)CC3)cc2)cc1F. The Labute approximate surface area is 205 Å². The van der Waals surface area contributed by atoms with E-state index >= 15 is 0 Å². The van der Waals surface area contributed by atoms with Gasteiger partial charge in [0.15, 0.2) is 0 Å². The molecule has 5 heteroatoms. The monoisotopic (exact) mass is 471 g/mol. The average molecular weight is 472 g/mol. The Morgan fingerprint density at radius 2 is 1.74 bits per heavy atom. The van der Waals surface area contributed by atoms with Crippen molar-refractivity contribution in [1.29, 1.82) is 0 Å². The maximum absolute atomic E-state index is 14.2. The Kier molecular flexibility index (Phi) is 6.69. The normalized spacial score (nSPS) is 16.4. The molecule has 1 N–H and O–H groups in total. The topological polar surface area (TPSA) is 49.8 Å². The largest absolute Gasteiger partial charge is 0.489 e. The van der Waals surface area contributed by atoms with Gasteiger partial charge in [0.1, 0.15) is 18.2 Å². The minimum absolute atomic E-state index is 0.0905. The van der Waals surface area contributed by atoms with E-state index in [0.717, 1.165) is 38.0 Å². The Hall–Kier alpha value is -3.44. The lowest BCUT2D eigenvalue weighted by molar-refractivity contribution is -0.136. The molecule has 35 heavy (non-hydrogen) atoms. The molecule has 1 fully saturated rings. The van der Waals surface area contributed by atoms with Gasteiger partial charge in [-0.25, -0.2) is 4.39 Å². The number of aliphatic carboxylic acids is 1. The molecular formula is C30H30FNO3. The van der Waals surface area contributed by atoms with E-state index in [1.54, 1.807) is 12.1 Å². The minimum atomic E-state index is -0.936. The van der Waals surface area contributed by atoms with Crippen molar-refractivity contribution in [3.63, 3.8) is 0 Å². The number of carboxylic acid groups (broad SMARTS) is 1. The van der Waals surface area contributed by atoms with E-state index in [-0.39, 0.29) is 18.3 Å². The minimum Gasteiger partial charge on any atom is -0.489 e. The predicted molar refractivity (Wildman–Crippen MR) is 135 cm³/mol. The van der Waals surface area contributed by atoms with Gasteiger partial charge in [0.25, 0.3) is 0 Å². The quantitative estimate of drug-likeness (QED) is 0.439. The lowest BCUT2D eigenvalue weighted by atomic mass is 9.74. The number of likely N-dealkylation sites (tertiary alicyclic amines) is 1. The summed E-state index contributed by atoms with van der Waals surface area (Å²) in [5.41, 5.74) is 5.76. The van der Waals surface area contributed by atoms with Gasteiger partial charge in [0, 0.05) is 24.4 Å². The van der Waals surface area contributed by atoms with Gasteiger partial charge in [0.2, 0.25) is 0 Å². The molecule has 2 aliphatic rings. The molecule has 0 bridgehead atoms. The summed E-state index contributed by atoms with van der Waals surface area (Å²) in [5.74, 6) is -0.927. The van der Waals surface area contributed by atoms with Crippen molar-refractivity contribution in [1.82, 2.24) is 4.90 Å². The van der Waals surface area contributed by atoms with Crippen LogP contribution in [0.15, 0.2) is 72.8 Å². The number of aryl methyl sites for hydroxylation is 1. The molecule has 4 nitrogen and oxygen atoms in total. The molecule has 0 radical (unpaired) electrons. The van der Waals surface area contributed by atoms with E-state index in [1.165, 1.54) is 22.8 Å². The number of hydrogen-bond acceptors (Lipinski definition) is 3. The van der Waals surface area contributed by atoms with Crippen molar-refractivity contribution in [2.75, 3.05) is 13.1 Å². The molecule has 0 aromatic heterocycles. The van der Waals surface area contributed by atoms with Crippen LogP contribution in [0.4, 0.5) is 4.39 Å². The highest BCUT2D eigenvalue weighted by Crippen LogP contribution is 2.43. The highest BCUT2D eigenvalue weighted by Gasteiger charge is 2.37. The van der Waals surface area contributed by atoms with Gasteiger partial charge < -0.3 is 9.84 Å². The fraction of sp³-hybridized carbons (Fsp3) is 0.300. The molecule has 3 aromatic carbocycles. The molecule has 5 rings (SSSR count). The van der Waals surface area contributed by atoms with Crippen molar-refractivity contribution < 1.29 is 19.0 Å². The zero-order valence-electron chi connectivity index (χ0n) is 19.8. The third-order valence-electron chi connectivity index (χ3n) is 7.29. The zero-order chi connectivity index (χ0) is 24.3. The van der Waals surface area contributed by atoms with E-state index < -0.39 is 11.8 Å². The van der Waals surface area contributed by atoms with Crippen LogP contribution in [-0.2, 0) is 29.8 Å². The predicted octanol–water partition coefficient (Wildman–Crippen LogP) is 5.98. The van der Waals surface area contributed by atoms with E-state index in [2.05, 4.69) is 65.6 Å². The smallest absolute Gasteiger partial charge is 0.303 e. The summed E-state index contributed by atoms with van der Waals surface area (Å²) >= 11 is 0. The second-order valence-electron chi connectivity index (χ2n) is 9.60.